The van der Waals surface area contributed by atoms with Crippen molar-refractivity contribution in [2.75, 3.05) is 7.11 Å². The summed E-state index contributed by atoms with van der Waals surface area (Å²) in [6.45, 7) is 4.09. The number of aliphatic hydroxyl groups is 1. The molecule has 25 heavy (non-hydrogen) atoms. The maximum absolute atomic E-state index is 12.8. The average molecular weight is 343 g/mol. The first-order valence-electron chi connectivity index (χ1n) is 8.65. The van der Waals surface area contributed by atoms with E-state index in [9.17, 15) is 9.90 Å². The molecular weight excluding hydrogens is 318 g/mol. The van der Waals surface area contributed by atoms with Crippen LogP contribution in [0.4, 0.5) is 0 Å². The molecule has 1 fully saturated rings. The summed E-state index contributed by atoms with van der Waals surface area (Å²) < 4.78 is 7.06. The highest BCUT2D eigenvalue weighted by Crippen LogP contribution is 2.38. The quantitative estimate of drug-likeness (QED) is 0.845. The number of ether oxygens (including phenoxy) is 1. The van der Waals surface area contributed by atoms with Crippen LogP contribution >= 0.6 is 0 Å². The smallest absolute Gasteiger partial charge is 0.268 e. The molecule has 0 aliphatic heterocycles. The zero-order valence-corrected chi connectivity index (χ0v) is 14.8. The number of amides is 1. The summed E-state index contributed by atoms with van der Waals surface area (Å²) >= 11 is 0. The Kier molecular flexibility index (Phi) is 5.08. The minimum absolute atomic E-state index is 0.110. The molecule has 1 aliphatic carbocycles. The van der Waals surface area contributed by atoms with Gasteiger partial charge in [0.2, 0.25) is 5.88 Å². The van der Waals surface area contributed by atoms with Crippen LogP contribution in [-0.2, 0) is 0 Å². The number of nitrogens with zero attached hydrogens (tertiary/aromatic N) is 2. The van der Waals surface area contributed by atoms with Gasteiger partial charge in [0, 0.05) is 24.5 Å². The van der Waals surface area contributed by atoms with Crippen LogP contribution in [0.3, 0.4) is 0 Å². The summed E-state index contributed by atoms with van der Waals surface area (Å²) in [4.78, 5) is 17.1. The molecule has 1 amide bonds. The van der Waals surface area contributed by atoms with E-state index >= 15 is 0 Å². The second kappa shape index (κ2) is 7.27. The molecule has 1 saturated carbocycles. The van der Waals surface area contributed by atoms with Gasteiger partial charge in [-0.25, -0.2) is 4.98 Å². The lowest BCUT2D eigenvalue weighted by Crippen LogP contribution is -2.42. The summed E-state index contributed by atoms with van der Waals surface area (Å²) in [6, 6.07) is 7.45. The second-order valence-electron chi connectivity index (χ2n) is 6.86. The maximum atomic E-state index is 12.8. The Bertz CT molecular complexity index is 718. The summed E-state index contributed by atoms with van der Waals surface area (Å²) in [5.74, 6) is 0.633. The molecule has 0 spiro atoms. The Hall–Kier alpha value is -2.34. The van der Waals surface area contributed by atoms with Crippen molar-refractivity contribution in [3.8, 4) is 5.88 Å². The predicted molar refractivity (Wildman–Crippen MR) is 94.5 cm³/mol. The zero-order chi connectivity index (χ0) is 18.0. The van der Waals surface area contributed by atoms with Gasteiger partial charge in [0.05, 0.1) is 19.3 Å². The molecule has 2 heterocycles. The van der Waals surface area contributed by atoms with E-state index in [-0.39, 0.29) is 30.0 Å². The number of hydrogen-bond acceptors (Lipinski definition) is 4. The third-order valence-electron chi connectivity index (χ3n) is 4.80. The highest BCUT2D eigenvalue weighted by molar-refractivity contribution is 5.93. The van der Waals surface area contributed by atoms with Crippen molar-refractivity contribution >= 4 is 5.91 Å². The van der Waals surface area contributed by atoms with Crippen LogP contribution in [-0.4, -0.2) is 33.8 Å². The van der Waals surface area contributed by atoms with Crippen LogP contribution in [0.2, 0.25) is 0 Å². The Morgan fingerprint density at radius 2 is 2.12 bits per heavy atom. The molecule has 6 nitrogen and oxygen atoms in total. The van der Waals surface area contributed by atoms with Crippen molar-refractivity contribution in [1.29, 1.82) is 0 Å². The first kappa shape index (κ1) is 17.5. The molecule has 0 unspecified atom stereocenters. The number of carbonyl (C=O) groups excluding carboxylic acids is 1. The summed E-state index contributed by atoms with van der Waals surface area (Å²) in [7, 11) is 1.57. The van der Waals surface area contributed by atoms with Gasteiger partial charge in [-0.1, -0.05) is 6.07 Å². The fourth-order valence-electron chi connectivity index (χ4n) is 3.32. The number of methoxy groups -OCH3 is 1. The van der Waals surface area contributed by atoms with E-state index in [4.69, 9.17) is 4.74 Å². The van der Waals surface area contributed by atoms with E-state index < -0.39 is 0 Å². The highest BCUT2D eigenvalue weighted by atomic mass is 16.5. The molecule has 2 N–H and O–H groups in total. The molecule has 6 heteroatoms. The van der Waals surface area contributed by atoms with E-state index in [0.29, 0.717) is 24.4 Å². The molecule has 0 aromatic carbocycles. The minimum Gasteiger partial charge on any atom is -0.481 e. The third kappa shape index (κ3) is 3.69. The molecule has 0 saturated heterocycles. The van der Waals surface area contributed by atoms with Gasteiger partial charge in [-0.15, -0.1) is 0 Å². The van der Waals surface area contributed by atoms with Crippen molar-refractivity contribution in [3.63, 3.8) is 0 Å². The number of aromatic nitrogens is 2. The molecule has 1 aliphatic rings. The first-order valence-corrected chi connectivity index (χ1v) is 8.65. The molecule has 2 aromatic heterocycles. The zero-order valence-electron chi connectivity index (χ0n) is 14.8. The Balaban J connectivity index is 1.82. The Morgan fingerprint density at radius 1 is 1.36 bits per heavy atom. The lowest BCUT2D eigenvalue weighted by Gasteiger charge is -2.38. The van der Waals surface area contributed by atoms with E-state index in [0.717, 1.165) is 5.56 Å². The van der Waals surface area contributed by atoms with Crippen LogP contribution in [0.1, 0.15) is 54.8 Å². The molecule has 3 rings (SSSR count). The van der Waals surface area contributed by atoms with E-state index in [1.54, 1.807) is 19.4 Å². The molecule has 0 radical (unpaired) electrons. The van der Waals surface area contributed by atoms with Gasteiger partial charge in [-0.3, -0.25) is 4.79 Å². The van der Waals surface area contributed by atoms with Gasteiger partial charge in [0.25, 0.3) is 5.91 Å². The molecule has 2 aromatic rings. The molecule has 134 valence electrons. The van der Waals surface area contributed by atoms with Gasteiger partial charge in [0.1, 0.15) is 5.69 Å². The number of rotatable bonds is 6. The van der Waals surface area contributed by atoms with E-state index in [2.05, 4.69) is 10.3 Å². The fourth-order valence-corrected chi connectivity index (χ4v) is 3.32. The lowest BCUT2D eigenvalue weighted by atomic mass is 9.75. The van der Waals surface area contributed by atoms with Crippen molar-refractivity contribution < 1.29 is 14.6 Å². The van der Waals surface area contributed by atoms with Crippen molar-refractivity contribution in [2.45, 2.75) is 44.9 Å². The van der Waals surface area contributed by atoms with Crippen molar-refractivity contribution in [1.82, 2.24) is 14.9 Å². The summed E-state index contributed by atoms with van der Waals surface area (Å²) in [5, 5.41) is 12.8. The molecule has 1 atom stereocenters. The van der Waals surface area contributed by atoms with Gasteiger partial charge >= 0.3 is 0 Å². The third-order valence-corrected chi connectivity index (χ3v) is 4.80. The Morgan fingerprint density at radius 3 is 2.68 bits per heavy atom. The second-order valence-corrected chi connectivity index (χ2v) is 6.86. The van der Waals surface area contributed by atoms with Gasteiger partial charge < -0.3 is 19.7 Å². The fraction of sp³-hybridized carbons (Fsp3) is 0.474. The molecule has 0 bridgehead atoms. The maximum Gasteiger partial charge on any atom is 0.268 e. The van der Waals surface area contributed by atoms with E-state index in [1.165, 1.54) is 0 Å². The number of hydrogen-bond donors (Lipinski definition) is 2. The van der Waals surface area contributed by atoms with Crippen molar-refractivity contribution in [3.05, 3.63) is 47.9 Å². The van der Waals surface area contributed by atoms with Crippen LogP contribution < -0.4 is 10.1 Å². The normalized spacial score (nSPS) is 20.8. The molecular formula is C19H25N3O3. The van der Waals surface area contributed by atoms with Gasteiger partial charge in [-0.2, -0.15) is 0 Å². The minimum atomic E-state index is -0.282. The Labute approximate surface area is 147 Å². The van der Waals surface area contributed by atoms with Gasteiger partial charge in [0.15, 0.2) is 0 Å². The average Bonchev–Trinajstić information content (AvgIpc) is 3.07. The van der Waals surface area contributed by atoms with Gasteiger partial charge in [-0.05, 0) is 50.3 Å². The van der Waals surface area contributed by atoms with Crippen LogP contribution in [0.25, 0.3) is 0 Å². The number of nitrogens with one attached hydrogen (secondary N) is 1. The number of pyridine rings is 1. The number of carbonyl (C=O) groups is 1. The van der Waals surface area contributed by atoms with E-state index in [1.807, 2.05) is 42.8 Å². The summed E-state index contributed by atoms with van der Waals surface area (Å²) in [6.07, 6.45) is 4.73. The predicted octanol–water partition coefficient (Wildman–Crippen LogP) is 2.71. The first-order chi connectivity index (χ1) is 12.0. The lowest BCUT2D eigenvalue weighted by molar-refractivity contribution is 0.0233. The largest absolute Gasteiger partial charge is 0.481 e. The standard InChI is InChI=1S/C19H25N3O3/c1-12(2)22-8-4-5-16(22)19(24)21-18(14-9-15(23)10-14)13-6-7-17(25-3)20-11-13/h4-8,11-12,14-15,18,23H,9-10H2,1-3H3,(H,21,24)/t14?,15?,18-/m1/s1. The number of aliphatic hydroxyl groups excluding tert-OH is 1. The summed E-state index contributed by atoms with van der Waals surface area (Å²) in [5.41, 5.74) is 1.56. The topological polar surface area (TPSA) is 76.4 Å². The SMILES string of the molecule is COc1ccc([C@@H](NC(=O)c2cccn2C(C)C)C2CC(O)C2)cn1. The van der Waals surface area contributed by atoms with Crippen LogP contribution in [0.5, 0.6) is 5.88 Å². The monoisotopic (exact) mass is 343 g/mol. The van der Waals surface area contributed by atoms with Crippen LogP contribution in [0, 0.1) is 5.92 Å². The van der Waals surface area contributed by atoms with Crippen LogP contribution in [0.15, 0.2) is 36.7 Å². The van der Waals surface area contributed by atoms with Crippen molar-refractivity contribution in [2.24, 2.45) is 5.92 Å². The highest BCUT2D eigenvalue weighted by Gasteiger charge is 2.36.